The summed E-state index contributed by atoms with van der Waals surface area (Å²) >= 11 is 0. The van der Waals surface area contributed by atoms with E-state index in [1.807, 2.05) is 18.2 Å². The van der Waals surface area contributed by atoms with Crippen molar-refractivity contribution in [3.8, 4) is 5.75 Å². The van der Waals surface area contributed by atoms with E-state index in [1.165, 1.54) is 13.2 Å². The number of nitrogens with two attached hydrogens (primary N) is 1. The van der Waals surface area contributed by atoms with Crippen molar-refractivity contribution in [3.63, 3.8) is 0 Å². The molecule has 10 nitrogen and oxygen atoms in total. The molecule has 1 aromatic heterocycles. The molecule has 0 unspecified atom stereocenters. The highest BCUT2D eigenvalue weighted by Gasteiger charge is 2.29. The number of primary amides is 1. The lowest BCUT2D eigenvalue weighted by molar-refractivity contribution is -0.129. The molecule has 10 heteroatoms. The second kappa shape index (κ2) is 11.9. The summed E-state index contributed by atoms with van der Waals surface area (Å²) in [5, 5.41) is 5.70. The van der Waals surface area contributed by atoms with Gasteiger partial charge < -0.3 is 30.3 Å². The monoisotopic (exact) mass is 495 g/mol. The first-order valence-corrected chi connectivity index (χ1v) is 11.4. The van der Waals surface area contributed by atoms with Gasteiger partial charge in [0, 0.05) is 23.9 Å². The number of ether oxygens (including phenoxy) is 2. The predicted octanol–water partition coefficient (Wildman–Crippen LogP) is 2.27. The Morgan fingerprint density at radius 2 is 1.75 bits per heavy atom. The number of methoxy groups -OCH3 is 1. The molecule has 0 radical (unpaired) electrons. The predicted molar refractivity (Wildman–Crippen MR) is 132 cm³/mol. The van der Waals surface area contributed by atoms with Gasteiger partial charge in [0.15, 0.2) is 0 Å². The first-order chi connectivity index (χ1) is 17.2. The van der Waals surface area contributed by atoms with Crippen molar-refractivity contribution in [2.24, 2.45) is 11.7 Å². The molecule has 4 N–H and O–H groups in total. The summed E-state index contributed by atoms with van der Waals surface area (Å²) < 4.78 is 15.6. The van der Waals surface area contributed by atoms with Crippen LogP contribution >= 0.6 is 0 Å². The molecule has 0 aliphatic heterocycles. The molecular weight excluding hydrogens is 466 g/mol. The topological polar surface area (TPSA) is 150 Å². The fourth-order valence-electron chi connectivity index (χ4n) is 3.64. The van der Waals surface area contributed by atoms with Crippen molar-refractivity contribution in [3.05, 3.63) is 76.1 Å². The number of amides is 3. The second-order valence-corrected chi connectivity index (χ2v) is 8.55. The summed E-state index contributed by atoms with van der Waals surface area (Å²) in [5.74, 6) is -1.24. The number of benzene rings is 2. The lowest BCUT2D eigenvalue weighted by Gasteiger charge is -2.24. The van der Waals surface area contributed by atoms with Gasteiger partial charge in [-0.05, 0) is 29.2 Å². The Morgan fingerprint density at radius 3 is 2.39 bits per heavy atom. The number of hydrogen-bond donors (Lipinski definition) is 3. The molecular formula is C26H29N3O7. The number of nitrogens with one attached hydrogen (secondary N) is 2. The number of carbonyl (C=O) groups is 3. The number of fused-ring (bicyclic) bond motifs is 1. The summed E-state index contributed by atoms with van der Waals surface area (Å²) in [5.41, 5.74) is 6.47. The van der Waals surface area contributed by atoms with Crippen LogP contribution in [0.25, 0.3) is 11.0 Å². The second-order valence-electron chi connectivity index (χ2n) is 8.55. The Labute approximate surface area is 207 Å². The van der Waals surface area contributed by atoms with Gasteiger partial charge in [-0.25, -0.2) is 9.59 Å². The maximum Gasteiger partial charge on any atom is 0.408 e. The lowest BCUT2D eigenvalue weighted by atomic mass is 9.99. The van der Waals surface area contributed by atoms with Gasteiger partial charge >= 0.3 is 11.7 Å². The van der Waals surface area contributed by atoms with Gasteiger partial charge in [-0.2, -0.15) is 0 Å². The van der Waals surface area contributed by atoms with Crippen LogP contribution in [0.1, 0.15) is 25.0 Å². The van der Waals surface area contributed by atoms with E-state index in [2.05, 4.69) is 10.6 Å². The lowest BCUT2D eigenvalue weighted by Crippen LogP contribution is -2.55. The molecule has 0 saturated heterocycles. The molecule has 0 saturated carbocycles. The van der Waals surface area contributed by atoms with Gasteiger partial charge in [-0.3, -0.25) is 9.59 Å². The number of hydrogen-bond acceptors (Lipinski definition) is 7. The third-order valence-electron chi connectivity index (χ3n) is 5.56. The fraction of sp³-hybridized carbons (Fsp3) is 0.308. The molecule has 190 valence electrons. The van der Waals surface area contributed by atoms with Crippen LogP contribution in [0.5, 0.6) is 5.75 Å². The molecule has 0 spiro atoms. The van der Waals surface area contributed by atoms with E-state index in [1.54, 1.807) is 44.2 Å². The van der Waals surface area contributed by atoms with Crippen LogP contribution in [-0.2, 0) is 27.4 Å². The third-order valence-corrected chi connectivity index (χ3v) is 5.56. The first kappa shape index (κ1) is 26.3. The van der Waals surface area contributed by atoms with Gasteiger partial charge in [-0.1, -0.05) is 44.2 Å². The molecule has 3 aromatic rings. The van der Waals surface area contributed by atoms with Crippen molar-refractivity contribution in [1.82, 2.24) is 10.6 Å². The van der Waals surface area contributed by atoms with Gasteiger partial charge in [-0.15, -0.1) is 0 Å². The van der Waals surface area contributed by atoms with Crippen LogP contribution in [0.15, 0.2) is 63.8 Å². The average molecular weight is 496 g/mol. The third kappa shape index (κ3) is 6.84. The number of rotatable bonds is 10. The van der Waals surface area contributed by atoms with Gasteiger partial charge in [0.25, 0.3) is 0 Å². The van der Waals surface area contributed by atoms with E-state index >= 15 is 0 Å². The maximum absolute atomic E-state index is 13.0. The Balaban J connectivity index is 1.73. The van der Waals surface area contributed by atoms with E-state index in [4.69, 9.17) is 19.6 Å². The Kier molecular flexibility index (Phi) is 8.66. The largest absolute Gasteiger partial charge is 0.497 e. The van der Waals surface area contributed by atoms with Crippen LogP contribution in [0.4, 0.5) is 4.79 Å². The minimum Gasteiger partial charge on any atom is -0.497 e. The van der Waals surface area contributed by atoms with Gasteiger partial charge in [0.2, 0.25) is 11.8 Å². The molecule has 0 bridgehead atoms. The Bertz CT molecular complexity index is 1290. The summed E-state index contributed by atoms with van der Waals surface area (Å²) in [6, 6.07) is 13.1. The van der Waals surface area contributed by atoms with Crippen molar-refractivity contribution >= 4 is 28.9 Å². The van der Waals surface area contributed by atoms with Crippen LogP contribution in [0.3, 0.4) is 0 Å². The standard InChI is InChI=1S/C26H29N3O7/c1-15(2)23(29-26(33)35-14-16-7-5-4-6-8-16)25(32)28-20(24(27)31)11-17-12-22(30)36-21-13-18(34-3)9-10-19(17)21/h4-10,12-13,15,20,23H,11,14H2,1-3H3,(H2,27,31)(H,28,32)(H,29,33)/t20-,23+/m0/s1. The molecule has 2 atom stereocenters. The van der Waals surface area contributed by atoms with Crippen molar-refractivity contribution in [1.29, 1.82) is 0 Å². The molecule has 2 aromatic carbocycles. The van der Waals surface area contributed by atoms with Crippen LogP contribution < -0.4 is 26.7 Å². The molecule has 0 aliphatic carbocycles. The summed E-state index contributed by atoms with van der Waals surface area (Å²) in [4.78, 5) is 49.6. The highest BCUT2D eigenvalue weighted by Crippen LogP contribution is 2.23. The summed E-state index contributed by atoms with van der Waals surface area (Å²) in [7, 11) is 1.48. The fourth-order valence-corrected chi connectivity index (χ4v) is 3.64. The Morgan fingerprint density at radius 1 is 1.03 bits per heavy atom. The zero-order valence-electron chi connectivity index (χ0n) is 20.3. The Hall–Kier alpha value is -4.34. The number of carbonyl (C=O) groups excluding carboxylic acids is 3. The molecule has 0 aliphatic rings. The SMILES string of the molecule is COc1ccc2c(C[C@H](NC(=O)[C@H](NC(=O)OCc3ccccc3)C(C)C)C(N)=O)cc(=O)oc2c1. The molecule has 3 rings (SSSR count). The quantitative estimate of drug-likeness (QED) is 0.365. The summed E-state index contributed by atoms with van der Waals surface area (Å²) in [6.45, 7) is 3.52. The molecule has 3 amide bonds. The summed E-state index contributed by atoms with van der Waals surface area (Å²) in [6.07, 6.45) is -0.831. The maximum atomic E-state index is 13.0. The molecule has 1 heterocycles. The van der Waals surface area contributed by atoms with E-state index < -0.39 is 35.6 Å². The minimum atomic E-state index is -1.15. The average Bonchev–Trinajstić information content (AvgIpc) is 2.85. The van der Waals surface area contributed by atoms with E-state index in [9.17, 15) is 19.2 Å². The highest BCUT2D eigenvalue weighted by atomic mass is 16.5. The van der Waals surface area contributed by atoms with Crippen molar-refractivity contribution in [2.75, 3.05) is 7.11 Å². The normalized spacial score (nSPS) is 12.6. The molecule has 36 heavy (non-hydrogen) atoms. The van der Waals surface area contributed by atoms with E-state index in [0.717, 1.165) is 5.56 Å². The van der Waals surface area contributed by atoms with E-state index in [0.29, 0.717) is 16.7 Å². The smallest absolute Gasteiger partial charge is 0.408 e. The molecule has 0 fully saturated rings. The van der Waals surface area contributed by atoms with Gasteiger partial charge in [0.1, 0.15) is 30.0 Å². The van der Waals surface area contributed by atoms with Crippen molar-refractivity contribution in [2.45, 2.75) is 39.0 Å². The highest BCUT2D eigenvalue weighted by molar-refractivity contribution is 5.91. The zero-order chi connectivity index (χ0) is 26.2. The zero-order valence-corrected chi connectivity index (χ0v) is 20.3. The van der Waals surface area contributed by atoms with Crippen molar-refractivity contribution < 1.29 is 28.3 Å². The minimum absolute atomic E-state index is 0.0392. The van der Waals surface area contributed by atoms with E-state index in [-0.39, 0.29) is 24.5 Å². The first-order valence-electron chi connectivity index (χ1n) is 11.4. The van der Waals surface area contributed by atoms with Gasteiger partial charge in [0.05, 0.1) is 7.11 Å². The van der Waals surface area contributed by atoms with Crippen LogP contribution in [-0.4, -0.2) is 37.1 Å². The number of alkyl carbamates (subject to hydrolysis) is 1. The van der Waals surface area contributed by atoms with Crippen LogP contribution in [0, 0.1) is 5.92 Å². The van der Waals surface area contributed by atoms with Crippen LogP contribution in [0.2, 0.25) is 0 Å².